The minimum absolute atomic E-state index is 0.0192. The number of nitrogens with one attached hydrogen (secondary N) is 2. The molecule has 0 radical (unpaired) electrons. The van der Waals surface area contributed by atoms with E-state index in [4.69, 9.17) is 23.8 Å². The Hall–Kier alpha value is -1.69. The number of aryl methyl sites for hydroxylation is 1. The number of piperidine rings is 1. The fourth-order valence-corrected chi connectivity index (χ4v) is 4.93. The summed E-state index contributed by atoms with van der Waals surface area (Å²) in [7, 11) is 0. The summed E-state index contributed by atoms with van der Waals surface area (Å²) in [4.78, 5) is 6.81. The number of benzene rings is 1. The second-order valence-corrected chi connectivity index (χ2v) is 10.1. The first-order valence-electron chi connectivity index (χ1n) is 10.1. The van der Waals surface area contributed by atoms with Crippen LogP contribution in [0.2, 0.25) is 5.02 Å². The van der Waals surface area contributed by atoms with Gasteiger partial charge in [-0.1, -0.05) is 23.7 Å². The van der Waals surface area contributed by atoms with Crippen LogP contribution in [0.4, 0.5) is 5.69 Å². The van der Waals surface area contributed by atoms with Gasteiger partial charge in [-0.05, 0) is 89.5 Å². The maximum absolute atomic E-state index is 6.42. The molecule has 6 heteroatoms. The first kappa shape index (κ1) is 22.0. The van der Waals surface area contributed by atoms with Crippen LogP contribution >= 0.6 is 23.8 Å². The van der Waals surface area contributed by atoms with Crippen molar-refractivity contribution in [3.8, 4) is 0 Å². The van der Waals surface area contributed by atoms with Crippen LogP contribution in [0.1, 0.15) is 51.8 Å². The van der Waals surface area contributed by atoms with Crippen LogP contribution in [0, 0.1) is 6.92 Å². The van der Waals surface area contributed by atoms with E-state index in [0.29, 0.717) is 16.7 Å². The zero-order chi connectivity index (χ0) is 21.2. The lowest BCUT2D eigenvalue weighted by molar-refractivity contribution is 0.101. The van der Waals surface area contributed by atoms with Gasteiger partial charge in [0.2, 0.25) is 0 Å². The Bertz CT molecular complexity index is 850. The number of hydrogen-bond acceptors (Lipinski definition) is 3. The molecule has 0 amide bonds. The van der Waals surface area contributed by atoms with Crippen LogP contribution in [0.5, 0.6) is 0 Å². The summed E-state index contributed by atoms with van der Waals surface area (Å²) < 4.78 is 0. The molecule has 0 unspecified atom stereocenters. The van der Waals surface area contributed by atoms with Crippen LogP contribution in [-0.2, 0) is 6.54 Å². The van der Waals surface area contributed by atoms with E-state index < -0.39 is 0 Å². The second-order valence-electron chi connectivity index (χ2n) is 9.32. The Balaban J connectivity index is 1.90. The summed E-state index contributed by atoms with van der Waals surface area (Å²) in [6.45, 7) is 11.7. The van der Waals surface area contributed by atoms with Crippen LogP contribution in [0.25, 0.3) is 0 Å². The molecular weight excluding hydrogens is 400 g/mol. The summed E-state index contributed by atoms with van der Waals surface area (Å²) in [5, 5.41) is 8.51. The van der Waals surface area contributed by atoms with Gasteiger partial charge in [0.1, 0.15) is 0 Å². The molecule has 1 aliphatic heterocycles. The molecule has 2 heterocycles. The van der Waals surface area contributed by atoms with Crippen molar-refractivity contribution in [3.05, 3.63) is 58.9 Å². The van der Waals surface area contributed by atoms with Crippen LogP contribution in [0.15, 0.2) is 42.6 Å². The molecule has 1 saturated heterocycles. The van der Waals surface area contributed by atoms with Crippen molar-refractivity contribution in [2.45, 2.75) is 71.1 Å². The lowest BCUT2D eigenvalue weighted by Crippen LogP contribution is -2.63. The molecule has 1 fully saturated rings. The van der Waals surface area contributed by atoms with Crippen molar-refractivity contribution in [1.82, 2.24) is 15.2 Å². The van der Waals surface area contributed by atoms with Crippen molar-refractivity contribution in [1.29, 1.82) is 0 Å². The SMILES string of the molecule is Cc1ccc(Cl)c(NC(=S)N(Cc2ccccn2)C2CC(C)(C)NC(C)(C)C2)c1. The molecule has 0 atom stereocenters. The Morgan fingerprint density at radius 2 is 1.90 bits per heavy atom. The van der Waals surface area contributed by atoms with Crippen molar-refractivity contribution in [2.24, 2.45) is 0 Å². The zero-order valence-corrected chi connectivity index (χ0v) is 19.5. The fraction of sp³-hybridized carbons (Fsp3) is 0.478. The molecule has 0 spiro atoms. The van der Waals surface area contributed by atoms with Gasteiger partial charge in [0.25, 0.3) is 0 Å². The standard InChI is InChI=1S/C23H31ClN4S/c1-16-9-10-19(24)20(12-16)26-21(29)28(15-17-8-6-7-11-25-17)18-13-22(2,3)27-23(4,5)14-18/h6-12,18,27H,13-15H2,1-5H3,(H,26,29). The third kappa shape index (κ3) is 5.91. The van der Waals surface area contributed by atoms with Crippen molar-refractivity contribution in [3.63, 3.8) is 0 Å². The molecule has 3 rings (SSSR count). The lowest BCUT2D eigenvalue weighted by atomic mass is 9.79. The van der Waals surface area contributed by atoms with Gasteiger partial charge < -0.3 is 15.5 Å². The Morgan fingerprint density at radius 1 is 1.21 bits per heavy atom. The average Bonchev–Trinajstić information content (AvgIpc) is 2.61. The van der Waals surface area contributed by atoms with Gasteiger partial charge in [0, 0.05) is 23.3 Å². The van der Waals surface area contributed by atoms with Crippen molar-refractivity contribution >= 4 is 34.6 Å². The summed E-state index contributed by atoms with van der Waals surface area (Å²) >= 11 is 12.3. The second kappa shape index (κ2) is 8.58. The number of anilines is 1. The molecule has 1 aliphatic rings. The summed E-state index contributed by atoms with van der Waals surface area (Å²) in [5.41, 5.74) is 3.02. The number of nitrogens with zero attached hydrogens (tertiary/aromatic N) is 2. The quantitative estimate of drug-likeness (QED) is 0.622. The topological polar surface area (TPSA) is 40.2 Å². The van der Waals surface area contributed by atoms with Crippen molar-refractivity contribution < 1.29 is 0 Å². The monoisotopic (exact) mass is 430 g/mol. The molecule has 2 aromatic rings. The summed E-state index contributed by atoms with van der Waals surface area (Å²) in [6, 6.07) is 12.2. The van der Waals surface area contributed by atoms with E-state index in [-0.39, 0.29) is 17.1 Å². The highest BCUT2D eigenvalue weighted by Crippen LogP contribution is 2.33. The van der Waals surface area contributed by atoms with Crippen LogP contribution in [-0.4, -0.2) is 32.1 Å². The van der Waals surface area contributed by atoms with E-state index in [1.54, 1.807) is 0 Å². The third-order valence-corrected chi connectivity index (χ3v) is 5.96. The largest absolute Gasteiger partial charge is 0.340 e. The first-order valence-corrected chi connectivity index (χ1v) is 10.9. The minimum Gasteiger partial charge on any atom is -0.340 e. The number of hydrogen-bond donors (Lipinski definition) is 2. The molecule has 0 bridgehead atoms. The van der Waals surface area contributed by atoms with Gasteiger partial charge in [-0.25, -0.2) is 0 Å². The fourth-order valence-electron chi connectivity index (χ4n) is 4.44. The van der Waals surface area contributed by atoms with E-state index in [1.807, 2.05) is 49.5 Å². The Labute approximate surface area is 185 Å². The molecule has 0 aliphatic carbocycles. The summed E-state index contributed by atoms with van der Waals surface area (Å²) in [5.74, 6) is 0. The lowest BCUT2D eigenvalue weighted by Gasteiger charge is -2.50. The number of pyridine rings is 1. The number of aromatic nitrogens is 1. The van der Waals surface area contributed by atoms with Crippen LogP contribution in [0.3, 0.4) is 0 Å². The predicted molar refractivity (Wildman–Crippen MR) is 127 cm³/mol. The van der Waals surface area contributed by atoms with Gasteiger partial charge >= 0.3 is 0 Å². The van der Waals surface area contributed by atoms with E-state index in [9.17, 15) is 0 Å². The Kier molecular flexibility index (Phi) is 6.51. The molecule has 4 nitrogen and oxygen atoms in total. The van der Waals surface area contributed by atoms with E-state index in [2.05, 4.69) is 48.2 Å². The van der Waals surface area contributed by atoms with E-state index in [0.717, 1.165) is 29.8 Å². The smallest absolute Gasteiger partial charge is 0.174 e. The first-order chi connectivity index (χ1) is 13.5. The molecule has 156 valence electrons. The third-order valence-electron chi connectivity index (χ3n) is 5.29. The zero-order valence-electron chi connectivity index (χ0n) is 17.9. The van der Waals surface area contributed by atoms with E-state index in [1.165, 1.54) is 0 Å². The van der Waals surface area contributed by atoms with Gasteiger partial charge in [-0.15, -0.1) is 0 Å². The molecule has 1 aromatic heterocycles. The van der Waals surface area contributed by atoms with Gasteiger partial charge in [-0.2, -0.15) is 0 Å². The molecule has 2 N–H and O–H groups in total. The highest BCUT2D eigenvalue weighted by molar-refractivity contribution is 7.80. The highest BCUT2D eigenvalue weighted by atomic mass is 35.5. The number of rotatable bonds is 4. The molecule has 0 saturated carbocycles. The van der Waals surface area contributed by atoms with Crippen LogP contribution < -0.4 is 10.6 Å². The van der Waals surface area contributed by atoms with Crippen molar-refractivity contribution in [2.75, 3.05) is 5.32 Å². The van der Waals surface area contributed by atoms with Gasteiger partial charge in [0.15, 0.2) is 5.11 Å². The van der Waals surface area contributed by atoms with Gasteiger partial charge in [0.05, 0.1) is 22.9 Å². The highest BCUT2D eigenvalue weighted by Gasteiger charge is 2.40. The Morgan fingerprint density at radius 3 is 2.52 bits per heavy atom. The number of thiocarbonyl (C=S) groups is 1. The molecular formula is C23H31ClN4S. The maximum atomic E-state index is 6.42. The number of halogens is 1. The molecule has 1 aromatic carbocycles. The maximum Gasteiger partial charge on any atom is 0.174 e. The minimum atomic E-state index is 0.0192. The summed E-state index contributed by atoms with van der Waals surface area (Å²) in [6.07, 6.45) is 3.82. The average molecular weight is 431 g/mol. The predicted octanol–water partition coefficient (Wildman–Crippen LogP) is 5.55. The van der Waals surface area contributed by atoms with E-state index >= 15 is 0 Å². The normalized spacial score (nSPS) is 18.3. The van der Waals surface area contributed by atoms with Gasteiger partial charge in [-0.3, -0.25) is 4.98 Å². The molecule has 29 heavy (non-hydrogen) atoms.